The van der Waals surface area contributed by atoms with Gasteiger partial charge in [-0.05, 0) is 46.2 Å². The first kappa shape index (κ1) is 16.0. The Morgan fingerprint density at radius 1 is 1.15 bits per heavy atom. The van der Waals surface area contributed by atoms with Crippen molar-refractivity contribution in [3.05, 3.63) is 33.3 Å². The van der Waals surface area contributed by atoms with Gasteiger partial charge >= 0.3 is 0 Å². The Bertz CT molecular complexity index is 650. The topological polar surface area (TPSA) is 22.1 Å². The molecule has 0 spiro atoms. The molecule has 5 heteroatoms. The average molecular weight is 417 g/mol. The predicted octanol–water partition coefficient (Wildman–Crippen LogP) is 6.14. The largest absolute Gasteiger partial charge is 0.541 e. The van der Waals surface area contributed by atoms with Crippen LogP contribution in [0.3, 0.4) is 0 Å². The molecule has 0 saturated heterocycles. The summed E-state index contributed by atoms with van der Waals surface area (Å²) in [6.07, 6.45) is 1.81. The Morgan fingerprint density at radius 3 is 2.40 bits per heavy atom. The molecule has 2 aromatic rings. The van der Waals surface area contributed by atoms with Crippen LogP contribution in [0.2, 0.25) is 18.1 Å². The van der Waals surface area contributed by atoms with E-state index in [2.05, 4.69) is 76.8 Å². The molecule has 0 aliphatic rings. The molecule has 2 nitrogen and oxygen atoms in total. The van der Waals surface area contributed by atoms with Crippen molar-refractivity contribution in [2.45, 2.75) is 38.9 Å². The predicted molar refractivity (Wildman–Crippen MR) is 95.0 cm³/mol. The van der Waals surface area contributed by atoms with Crippen LogP contribution in [0.15, 0.2) is 33.3 Å². The lowest BCUT2D eigenvalue weighted by Gasteiger charge is -2.37. The average Bonchev–Trinajstić information content (AvgIpc) is 2.33. The molecule has 0 fully saturated rings. The maximum Gasteiger partial charge on any atom is 0.250 e. The second-order valence-electron chi connectivity index (χ2n) is 6.43. The Kier molecular flexibility index (Phi) is 4.34. The molecule has 0 aliphatic heterocycles. The van der Waals surface area contributed by atoms with Crippen molar-refractivity contribution in [1.29, 1.82) is 0 Å². The third-order valence-electron chi connectivity index (χ3n) is 3.91. The SMILES string of the molecule is CC(C)(C)[Si](C)(C)Oc1c(Br)cc(Br)c2cccnc12. The third-order valence-corrected chi connectivity index (χ3v) is 9.49. The zero-order valence-corrected chi connectivity index (χ0v) is 16.6. The summed E-state index contributed by atoms with van der Waals surface area (Å²) in [6.45, 7) is 11.2. The van der Waals surface area contributed by atoms with Crippen LogP contribution < -0.4 is 4.43 Å². The first-order valence-electron chi connectivity index (χ1n) is 6.55. The zero-order chi connectivity index (χ0) is 15.1. The van der Waals surface area contributed by atoms with E-state index in [-0.39, 0.29) is 5.04 Å². The lowest BCUT2D eigenvalue weighted by atomic mass is 10.2. The van der Waals surface area contributed by atoms with Gasteiger partial charge in [-0.15, -0.1) is 0 Å². The Hall–Kier alpha value is -0.393. The van der Waals surface area contributed by atoms with Crippen LogP contribution in [0.25, 0.3) is 10.9 Å². The number of rotatable bonds is 2. The van der Waals surface area contributed by atoms with Gasteiger partial charge in [0.1, 0.15) is 11.3 Å². The van der Waals surface area contributed by atoms with Crippen molar-refractivity contribution in [1.82, 2.24) is 4.98 Å². The maximum atomic E-state index is 6.47. The van der Waals surface area contributed by atoms with Gasteiger partial charge in [0.05, 0.1) is 4.47 Å². The van der Waals surface area contributed by atoms with Crippen molar-refractivity contribution in [3.63, 3.8) is 0 Å². The van der Waals surface area contributed by atoms with Crippen LogP contribution in [-0.4, -0.2) is 13.3 Å². The van der Waals surface area contributed by atoms with Gasteiger partial charge in [-0.3, -0.25) is 4.98 Å². The maximum absolute atomic E-state index is 6.47. The van der Waals surface area contributed by atoms with E-state index in [4.69, 9.17) is 4.43 Å². The van der Waals surface area contributed by atoms with Gasteiger partial charge in [-0.25, -0.2) is 0 Å². The molecule has 0 bridgehead atoms. The molecule has 0 saturated carbocycles. The molecular formula is C15H19Br2NOSi. The Labute approximate surface area is 138 Å². The summed E-state index contributed by atoms with van der Waals surface area (Å²) < 4.78 is 8.44. The molecule has 0 atom stereocenters. The Balaban J connectivity index is 2.61. The van der Waals surface area contributed by atoms with Gasteiger partial charge in [0.15, 0.2) is 0 Å². The molecule has 1 heterocycles. The van der Waals surface area contributed by atoms with Crippen molar-refractivity contribution in [2.24, 2.45) is 0 Å². The minimum absolute atomic E-state index is 0.153. The summed E-state index contributed by atoms with van der Waals surface area (Å²) >= 11 is 7.20. The highest BCUT2D eigenvalue weighted by molar-refractivity contribution is 9.11. The molecule has 2 rings (SSSR count). The highest BCUT2D eigenvalue weighted by Crippen LogP contribution is 2.43. The lowest BCUT2D eigenvalue weighted by Crippen LogP contribution is -2.44. The summed E-state index contributed by atoms with van der Waals surface area (Å²) in [7, 11) is -1.90. The fraction of sp³-hybridized carbons (Fsp3) is 0.400. The third kappa shape index (κ3) is 2.94. The number of benzene rings is 1. The molecule has 1 aromatic heterocycles. The van der Waals surface area contributed by atoms with E-state index in [9.17, 15) is 0 Å². The Morgan fingerprint density at radius 2 is 1.80 bits per heavy atom. The van der Waals surface area contributed by atoms with Crippen LogP contribution in [-0.2, 0) is 0 Å². The van der Waals surface area contributed by atoms with E-state index < -0.39 is 8.32 Å². The number of hydrogen-bond acceptors (Lipinski definition) is 2. The van der Waals surface area contributed by atoms with E-state index in [0.717, 1.165) is 25.6 Å². The molecule has 0 aliphatic carbocycles. The highest BCUT2D eigenvalue weighted by Gasteiger charge is 2.39. The number of aromatic nitrogens is 1. The van der Waals surface area contributed by atoms with Gasteiger partial charge in [-0.1, -0.05) is 42.8 Å². The minimum atomic E-state index is -1.90. The van der Waals surface area contributed by atoms with Crippen LogP contribution in [0.5, 0.6) is 5.75 Å². The fourth-order valence-corrected chi connectivity index (χ4v) is 4.18. The first-order valence-corrected chi connectivity index (χ1v) is 11.0. The number of pyridine rings is 1. The molecule has 0 unspecified atom stereocenters. The molecule has 1 aromatic carbocycles. The van der Waals surface area contributed by atoms with Crippen LogP contribution in [0, 0.1) is 0 Å². The monoisotopic (exact) mass is 415 g/mol. The van der Waals surface area contributed by atoms with E-state index in [1.54, 1.807) is 6.20 Å². The second-order valence-corrected chi connectivity index (χ2v) is 12.9. The quantitative estimate of drug-likeness (QED) is 0.548. The fourth-order valence-electron chi connectivity index (χ4n) is 1.65. The standard InChI is InChI=1S/C15H19Br2NOSi/c1-15(2,3)20(4,5)19-14-12(17)9-11(16)10-7-6-8-18-13(10)14/h6-9H,1-5H3. The van der Waals surface area contributed by atoms with Crippen molar-refractivity contribution in [3.8, 4) is 5.75 Å². The number of halogens is 2. The zero-order valence-electron chi connectivity index (χ0n) is 12.4. The number of fused-ring (bicyclic) bond motifs is 1. The number of hydrogen-bond donors (Lipinski definition) is 0. The van der Waals surface area contributed by atoms with Gasteiger partial charge in [-0.2, -0.15) is 0 Å². The highest BCUT2D eigenvalue weighted by atomic mass is 79.9. The number of nitrogens with zero attached hydrogens (tertiary/aromatic N) is 1. The van der Waals surface area contributed by atoms with E-state index in [0.29, 0.717) is 0 Å². The van der Waals surface area contributed by atoms with Crippen LogP contribution in [0.4, 0.5) is 0 Å². The molecule has 0 amide bonds. The second kappa shape index (κ2) is 5.43. The summed E-state index contributed by atoms with van der Waals surface area (Å²) in [5, 5.41) is 1.23. The summed E-state index contributed by atoms with van der Waals surface area (Å²) in [6, 6.07) is 6.03. The molecule has 0 N–H and O–H groups in total. The smallest absolute Gasteiger partial charge is 0.250 e. The van der Waals surface area contributed by atoms with Crippen molar-refractivity contribution in [2.75, 3.05) is 0 Å². The van der Waals surface area contributed by atoms with Gasteiger partial charge in [0, 0.05) is 16.1 Å². The van der Waals surface area contributed by atoms with Crippen molar-refractivity contribution >= 4 is 51.1 Å². The summed E-state index contributed by atoms with van der Waals surface area (Å²) in [5.41, 5.74) is 0.901. The molecule has 108 valence electrons. The molecule has 20 heavy (non-hydrogen) atoms. The van der Waals surface area contributed by atoms with Crippen LogP contribution >= 0.6 is 31.9 Å². The first-order chi connectivity index (χ1) is 9.13. The molecular weight excluding hydrogens is 398 g/mol. The summed E-state index contributed by atoms with van der Waals surface area (Å²) in [4.78, 5) is 4.51. The lowest BCUT2D eigenvalue weighted by molar-refractivity contribution is 0.493. The van der Waals surface area contributed by atoms with Gasteiger partial charge in [0.25, 0.3) is 8.32 Å². The minimum Gasteiger partial charge on any atom is -0.541 e. The van der Waals surface area contributed by atoms with E-state index in [1.807, 2.05) is 12.1 Å². The van der Waals surface area contributed by atoms with Gasteiger partial charge in [0.2, 0.25) is 0 Å². The van der Waals surface area contributed by atoms with E-state index in [1.165, 1.54) is 0 Å². The summed E-state index contributed by atoms with van der Waals surface area (Å²) in [5.74, 6) is 0.857. The van der Waals surface area contributed by atoms with E-state index >= 15 is 0 Å². The normalized spacial score (nSPS) is 12.8. The van der Waals surface area contributed by atoms with Gasteiger partial charge < -0.3 is 4.43 Å². The molecule has 0 radical (unpaired) electrons. The van der Waals surface area contributed by atoms with Crippen LogP contribution in [0.1, 0.15) is 20.8 Å². The van der Waals surface area contributed by atoms with Crippen molar-refractivity contribution < 1.29 is 4.43 Å².